The molecule has 2 N–H and O–H groups in total. The van der Waals surface area contributed by atoms with E-state index in [2.05, 4.69) is 79.0 Å². The van der Waals surface area contributed by atoms with Gasteiger partial charge in [0.25, 0.3) is 0 Å². The summed E-state index contributed by atoms with van der Waals surface area (Å²) in [6.45, 7) is 6.60. The lowest BCUT2D eigenvalue weighted by Crippen LogP contribution is -2.21. The molecule has 0 atom stereocenters. The number of allylic oxidation sites excluding steroid dienone is 1. The van der Waals surface area contributed by atoms with Gasteiger partial charge < -0.3 is 15.5 Å². The van der Waals surface area contributed by atoms with Crippen molar-refractivity contribution in [1.82, 2.24) is 0 Å². The summed E-state index contributed by atoms with van der Waals surface area (Å²) in [5, 5.41) is 10.9. The van der Waals surface area contributed by atoms with E-state index in [1.807, 2.05) is 31.3 Å². The average Bonchev–Trinajstić information content (AvgIpc) is 2.91. The Kier molecular flexibility index (Phi) is 9.78. The number of aryl methyl sites for hydroxylation is 1. The summed E-state index contributed by atoms with van der Waals surface area (Å²) >= 11 is 0. The summed E-state index contributed by atoms with van der Waals surface area (Å²) in [5.74, 6) is 1.99. The van der Waals surface area contributed by atoms with Crippen molar-refractivity contribution in [3.05, 3.63) is 94.9 Å². The number of Topliss-reactive ketones (excluding diaryl/α,β-unsaturated/α-hetero) is 1. The van der Waals surface area contributed by atoms with Crippen molar-refractivity contribution in [2.75, 3.05) is 17.7 Å². The summed E-state index contributed by atoms with van der Waals surface area (Å²) in [5.41, 5.74) is 10.6. The second-order valence-electron chi connectivity index (χ2n) is 12.1. The van der Waals surface area contributed by atoms with Gasteiger partial charge in [-0.1, -0.05) is 74.0 Å². The number of carbonyl (C=O) groups is 1. The monoisotopic (exact) mass is 563 g/mol. The van der Waals surface area contributed by atoms with Gasteiger partial charge in [-0.25, -0.2) is 0 Å². The molecule has 3 aliphatic carbocycles. The first-order valence-corrected chi connectivity index (χ1v) is 15.7. The molecule has 0 heterocycles. The van der Waals surface area contributed by atoms with Gasteiger partial charge in [-0.2, -0.15) is 0 Å². The number of nitrogens with zero attached hydrogens (tertiary/aromatic N) is 1. The Balaban J connectivity index is 0.000000169. The highest BCUT2D eigenvalue weighted by Crippen LogP contribution is 2.32. The molecule has 220 valence electrons. The zero-order valence-corrected chi connectivity index (χ0v) is 25.6. The molecule has 0 saturated heterocycles. The highest BCUT2D eigenvalue weighted by molar-refractivity contribution is 5.98. The van der Waals surface area contributed by atoms with Crippen molar-refractivity contribution in [2.24, 2.45) is 11.1 Å². The second-order valence-corrected chi connectivity index (χ2v) is 12.1. The van der Waals surface area contributed by atoms with Crippen molar-refractivity contribution in [2.45, 2.75) is 84.5 Å². The van der Waals surface area contributed by atoms with Gasteiger partial charge in [0.1, 0.15) is 0 Å². The van der Waals surface area contributed by atoms with Gasteiger partial charge in [-0.05, 0) is 110 Å². The maximum Gasteiger partial charge on any atom is 0.226 e. The van der Waals surface area contributed by atoms with E-state index in [1.54, 1.807) is 0 Å². The number of anilines is 2. The first-order chi connectivity index (χ1) is 20.4. The number of ketones is 1. The molecule has 0 aliphatic heterocycles. The predicted octanol–water partition coefficient (Wildman–Crippen LogP) is 9.86. The molecular formula is C37H45N3O2. The van der Waals surface area contributed by atoms with Crippen LogP contribution in [0.2, 0.25) is 0 Å². The standard InChI is InChI=1S/C19H26N2O.C18H19NO/c1-13(2)16-10-11-18(14(3)12-16)20-19(15-6-4-7-15)22-21-17-8-5-9-17;1-19-17-11-9-14(10-12-17)13-5-7-16(8-6-13)18(20)15-3-2-4-15/h10-13,20H,4-9H2,1-3H3;5-12,15,19H,2-4H2,1H3. The lowest BCUT2D eigenvalue weighted by Gasteiger charge is -2.23. The van der Waals surface area contributed by atoms with Crippen molar-refractivity contribution >= 4 is 22.9 Å². The van der Waals surface area contributed by atoms with E-state index in [0.29, 0.717) is 11.7 Å². The minimum Gasteiger partial charge on any atom is -0.388 e. The Morgan fingerprint density at radius 2 is 1.50 bits per heavy atom. The minimum atomic E-state index is 0.274. The quantitative estimate of drug-likeness (QED) is 0.154. The molecule has 3 saturated carbocycles. The molecule has 3 aromatic carbocycles. The third-order valence-electron chi connectivity index (χ3n) is 8.79. The van der Waals surface area contributed by atoms with Gasteiger partial charge >= 0.3 is 0 Å². The first kappa shape index (κ1) is 29.6. The fraction of sp³-hybridized carbons (Fsp3) is 0.405. The maximum atomic E-state index is 12.1. The number of oxime groups is 1. The molecule has 3 fully saturated rings. The van der Waals surface area contributed by atoms with E-state index >= 15 is 0 Å². The summed E-state index contributed by atoms with van der Waals surface area (Å²) in [4.78, 5) is 17.9. The Labute approximate surface area is 251 Å². The van der Waals surface area contributed by atoms with Crippen LogP contribution < -0.4 is 10.6 Å². The minimum absolute atomic E-state index is 0.274. The lowest BCUT2D eigenvalue weighted by atomic mass is 9.80. The number of hydrogen-bond acceptors (Lipinski definition) is 5. The van der Waals surface area contributed by atoms with Crippen LogP contribution in [0.15, 0.2) is 83.3 Å². The Hall–Kier alpha value is -3.86. The van der Waals surface area contributed by atoms with Gasteiger partial charge in [0.05, 0.1) is 5.71 Å². The van der Waals surface area contributed by atoms with Gasteiger partial charge in [0.15, 0.2) is 5.78 Å². The van der Waals surface area contributed by atoms with Crippen LogP contribution in [0, 0.1) is 12.8 Å². The SMILES string of the molecule is CNc1ccc(-c2ccc(C(=O)C3CCC3)cc2)cc1.Cc1cc(C(C)C)ccc1NC(ON=C1CCC1)=C1CCC1. The van der Waals surface area contributed by atoms with Crippen LogP contribution in [0.5, 0.6) is 0 Å². The van der Waals surface area contributed by atoms with E-state index < -0.39 is 0 Å². The Bertz CT molecular complexity index is 1420. The smallest absolute Gasteiger partial charge is 0.226 e. The van der Waals surface area contributed by atoms with Crippen LogP contribution in [0.1, 0.15) is 99.0 Å². The Morgan fingerprint density at radius 3 is 1.98 bits per heavy atom. The molecule has 0 unspecified atom stereocenters. The highest BCUT2D eigenvalue weighted by Gasteiger charge is 2.26. The zero-order chi connectivity index (χ0) is 29.5. The van der Waals surface area contributed by atoms with Crippen LogP contribution in [-0.2, 0) is 4.84 Å². The molecule has 0 amide bonds. The normalized spacial score (nSPS) is 15.8. The topological polar surface area (TPSA) is 62.7 Å². The molecule has 3 aromatic rings. The predicted molar refractivity (Wildman–Crippen MR) is 175 cm³/mol. The number of hydrogen-bond donors (Lipinski definition) is 2. The fourth-order valence-corrected chi connectivity index (χ4v) is 5.16. The first-order valence-electron chi connectivity index (χ1n) is 15.7. The van der Waals surface area contributed by atoms with Crippen LogP contribution in [0.4, 0.5) is 11.4 Å². The number of benzene rings is 3. The maximum absolute atomic E-state index is 12.1. The molecule has 6 rings (SSSR count). The number of rotatable bonds is 9. The molecule has 5 nitrogen and oxygen atoms in total. The van der Waals surface area contributed by atoms with Gasteiger partial charge in [0.2, 0.25) is 5.88 Å². The molecular weight excluding hydrogens is 518 g/mol. The third-order valence-corrected chi connectivity index (χ3v) is 8.79. The zero-order valence-electron chi connectivity index (χ0n) is 25.6. The molecule has 5 heteroatoms. The lowest BCUT2D eigenvalue weighted by molar-refractivity contribution is 0.0855. The molecule has 3 aliphatic rings. The van der Waals surface area contributed by atoms with E-state index in [9.17, 15) is 4.79 Å². The summed E-state index contributed by atoms with van der Waals surface area (Å²) in [6.07, 6.45) is 10.2. The third kappa shape index (κ3) is 7.31. The summed E-state index contributed by atoms with van der Waals surface area (Å²) < 4.78 is 0. The average molecular weight is 564 g/mol. The van der Waals surface area contributed by atoms with E-state index in [4.69, 9.17) is 4.84 Å². The summed E-state index contributed by atoms with van der Waals surface area (Å²) in [7, 11) is 1.91. The van der Waals surface area contributed by atoms with Crippen molar-refractivity contribution in [3.8, 4) is 11.1 Å². The van der Waals surface area contributed by atoms with Crippen LogP contribution in [0.25, 0.3) is 11.1 Å². The van der Waals surface area contributed by atoms with Gasteiger partial charge in [0, 0.05) is 29.9 Å². The van der Waals surface area contributed by atoms with Crippen LogP contribution in [0.3, 0.4) is 0 Å². The highest BCUT2D eigenvalue weighted by atomic mass is 16.6. The van der Waals surface area contributed by atoms with Gasteiger partial charge in [-0.3, -0.25) is 4.79 Å². The molecule has 0 spiro atoms. The Morgan fingerprint density at radius 1 is 0.857 bits per heavy atom. The molecule has 0 bridgehead atoms. The van der Waals surface area contributed by atoms with Crippen molar-refractivity contribution in [1.29, 1.82) is 0 Å². The largest absolute Gasteiger partial charge is 0.388 e. The van der Waals surface area contributed by atoms with E-state index in [-0.39, 0.29) is 5.92 Å². The van der Waals surface area contributed by atoms with E-state index in [0.717, 1.165) is 66.9 Å². The van der Waals surface area contributed by atoms with Crippen molar-refractivity contribution in [3.63, 3.8) is 0 Å². The van der Waals surface area contributed by atoms with Crippen molar-refractivity contribution < 1.29 is 9.63 Å². The van der Waals surface area contributed by atoms with E-state index in [1.165, 1.54) is 47.2 Å². The summed E-state index contributed by atoms with van der Waals surface area (Å²) in [6, 6.07) is 22.9. The van der Waals surface area contributed by atoms with Crippen LogP contribution >= 0.6 is 0 Å². The van der Waals surface area contributed by atoms with Gasteiger partial charge in [-0.15, -0.1) is 0 Å². The fourth-order valence-electron chi connectivity index (χ4n) is 5.16. The molecule has 42 heavy (non-hydrogen) atoms. The molecule has 0 aromatic heterocycles. The molecule has 0 radical (unpaired) electrons. The van der Waals surface area contributed by atoms with Crippen LogP contribution in [-0.4, -0.2) is 18.5 Å². The second kappa shape index (κ2) is 13.9. The number of nitrogens with one attached hydrogen (secondary N) is 2. The number of carbonyl (C=O) groups excluding carboxylic acids is 1.